The van der Waals surface area contributed by atoms with Gasteiger partial charge in [0.1, 0.15) is 0 Å². The van der Waals surface area contributed by atoms with Crippen molar-refractivity contribution in [1.29, 1.82) is 0 Å². The zero-order valence-corrected chi connectivity index (χ0v) is 12.8. The lowest BCUT2D eigenvalue weighted by atomic mass is 10.1. The maximum Gasteiger partial charge on any atom is 0.243 e. The van der Waals surface area contributed by atoms with E-state index < -0.39 is 0 Å². The van der Waals surface area contributed by atoms with Gasteiger partial charge in [0.2, 0.25) is 5.89 Å². The van der Waals surface area contributed by atoms with Gasteiger partial charge in [-0.05, 0) is 24.6 Å². The van der Waals surface area contributed by atoms with Crippen LogP contribution in [0.3, 0.4) is 0 Å². The van der Waals surface area contributed by atoms with Gasteiger partial charge >= 0.3 is 0 Å². The Balaban J connectivity index is 1.66. The van der Waals surface area contributed by atoms with Gasteiger partial charge in [-0.2, -0.15) is 4.98 Å². The molecule has 21 heavy (non-hydrogen) atoms. The minimum atomic E-state index is 0.165. The van der Waals surface area contributed by atoms with Gasteiger partial charge in [-0.1, -0.05) is 28.9 Å². The molecule has 1 saturated heterocycles. The van der Waals surface area contributed by atoms with Crippen LogP contribution in [-0.4, -0.2) is 41.2 Å². The maximum absolute atomic E-state index is 5.89. The van der Waals surface area contributed by atoms with Gasteiger partial charge in [0.05, 0.1) is 6.04 Å². The first-order chi connectivity index (χ1) is 10.2. The average Bonchev–Trinajstić information content (AvgIpc) is 2.98. The summed E-state index contributed by atoms with van der Waals surface area (Å²) in [6.45, 7) is 6.16. The number of halogens is 1. The SMILES string of the molecule is CC(c1nc(Cc2ccc(Cl)cc2)no1)N1CCNCC1. The summed E-state index contributed by atoms with van der Waals surface area (Å²) >= 11 is 5.89. The lowest BCUT2D eigenvalue weighted by Crippen LogP contribution is -2.44. The second kappa shape index (κ2) is 6.56. The molecule has 0 bridgehead atoms. The average molecular weight is 307 g/mol. The van der Waals surface area contributed by atoms with E-state index in [1.807, 2.05) is 24.3 Å². The van der Waals surface area contributed by atoms with Crippen LogP contribution in [0.2, 0.25) is 5.02 Å². The Kier molecular flexibility index (Phi) is 4.53. The highest BCUT2D eigenvalue weighted by Gasteiger charge is 2.22. The highest BCUT2D eigenvalue weighted by molar-refractivity contribution is 6.30. The third kappa shape index (κ3) is 3.61. The molecule has 112 valence electrons. The van der Waals surface area contributed by atoms with Crippen LogP contribution in [0.15, 0.2) is 28.8 Å². The Morgan fingerprint density at radius 1 is 1.29 bits per heavy atom. The molecule has 1 fully saturated rings. The smallest absolute Gasteiger partial charge is 0.243 e. The largest absolute Gasteiger partial charge is 0.338 e. The first-order valence-electron chi connectivity index (χ1n) is 7.24. The Morgan fingerprint density at radius 2 is 2.00 bits per heavy atom. The normalized spacial score (nSPS) is 17.8. The van der Waals surface area contributed by atoms with Crippen LogP contribution in [0.25, 0.3) is 0 Å². The predicted octanol–water partition coefficient (Wildman–Crippen LogP) is 2.28. The van der Waals surface area contributed by atoms with Crippen LogP contribution in [0.5, 0.6) is 0 Å². The highest BCUT2D eigenvalue weighted by Crippen LogP contribution is 2.19. The molecule has 0 saturated carbocycles. The van der Waals surface area contributed by atoms with E-state index in [9.17, 15) is 0 Å². The number of benzene rings is 1. The molecule has 1 N–H and O–H groups in total. The number of piperazine rings is 1. The molecule has 3 rings (SSSR count). The van der Waals surface area contributed by atoms with Crippen molar-refractivity contribution in [2.75, 3.05) is 26.2 Å². The second-order valence-electron chi connectivity index (χ2n) is 5.31. The zero-order valence-electron chi connectivity index (χ0n) is 12.1. The molecule has 0 amide bonds. The summed E-state index contributed by atoms with van der Waals surface area (Å²) in [5, 5.41) is 8.17. The molecule has 1 aromatic carbocycles. The molecular weight excluding hydrogens is 288 g/mol. The Morgan fingerprint density at radius 3 is 2.71 bits per heavy atom. The molecular formula is C15H19ClN4O. The van der Waals surface area contributed by atoms with E-state index in [-0.39, 0.29) is 6.04 Å². The van der Waals surface area contributed by atoms with Gasteiger partial charge < -0.3 is 9.84 Å². The number of nitrogens with one attached hydrogen (secondary N) is 1. The summed E-state index contributed by atoms with van der Waals surface area (Å²) in [5.74, 6) is 1.41. The van der Waals surface area contributed by atoms with Crippen LogP contribution >= 0.6 is 11.6 Å². The summed E-state index contributed by atoms with van der Waals surface area (Å²) in [7, 11) is 0. The fraction of sp³-hybridized carbons (Fsp3) is 0.467. The quantitative estimate of drug-likeness (QED) is 0.939. The van der Waals surface area contributed by atoms with E-state index in [0.29, 0.717) is 18.1 Å². The molecule has 1 aliphatic heterocycles. The highest BCUT2D eigenvalue weighted by atomic mass is 35.5. The van der Waals surface area contributed by atoms with Crippen molar-refractivity contribution in [2.45, 2.75) is 19.4 Å². The number of rotatable bonds is 4. The number of hydrogen-bond donors (Lipinski definition) is 1. The predicted molar refractivity (Wildman–Crippen MR) is 81.4 cm³/mol. The molecule has 2 aromatic rings. The van der Waals surface area contributed by atoms with Crippen molar-refractivity contribution >= 4 is 11.6 Å². The molecule has 1 unspecified atom stereocenters. The van der Waals surface area contributed by atoms with E-state index in [1.54, 1.807) is 0 Å². The van der Waals surface area contributed by atoms with Crippen LogP contribution in [0.4, 0.5) is 0 Å². The van der Waals surface area contributed by atoms with E-state index in [1.165, 1.54) is 0 Å². The van der Waals surface area contributed by atoms with E-state index in [2.05, 4.69) is 27.3 Å². The number of hydrogen-bond acceptors (Lipinski definition) is 5. The van der Waals surface area contributed by atoms with E-state index in [0.717, 1.165) is 36.8 Å². The summed E-state index contributed by atoms with van der Waals surface area (Å²) < 4.78 is 5.43. The summed E-state index contributed by atoms with van der Waals surface area (Å²) in [6, 6.07) is 7.89. The Bertz CT molecular complexity index is 578. The van der Waals surface area contributed by atoms with Gasteiger partial charge in [-0.15, -0.1) is 0 Å². The molecule has 0 aliphatic carbocycles. The van der Waals surface area contributed by atoms with Crippen molar-refractivity contribution in [3.05, 3.63) is 46.6 Å². The third-order valence-corrected chi connectivity index (χ3v) is 4.07. The van der Waals surface area contributed by atoms with Gasteiger partial charge in [-0.3, -0.25) is 4.90 Å². The maximum atomic E-state index is 5.89. The first kappa shape index (κ1) is 14.5. The van der Waals surface area contributed by atoms with E-state index >= 15 is 0 Å². The molecule has 5 nitrogen and oxygen atoms in total. The van der Waals surface area contributed by atoms with Crippen molar-refractivity contribution in [2.24, 2.45) is 0 Å². The minimum Gasteiger partial charge on any atom is -0.338 e. The molecule has 0 spiro atoms. The van der Waals surface area contributed by atoms with Crippen LogP contribution in [-0.2, 0) is 6.42 Å². The number of nitrogens with zero attached hydrogens (tertiary/aromatic N) is 3. The number of aromatic nitrogens is 2. The van der Waals surface area contributed by atoms with Gasteiger partial charge in [0, 0.05) is 37.6 Å². The summed E-state index contributed by atoms with van der Waals surface area (Å²) in [4.78, 5) is 6.89. The molecule has 1 aromatic heterocycles. The van der Waals surface area contributed by atoms with Crippen LogP contribution in [0, 0.1) is 0 Å². The van der Waals surface area contributed by atoms with Crippen LogP contribution in [0.1, 0.15) is 30.2 Å². The molecule has 0 radical (unpaired) electrons. The first-order valence-corrected chi connectivity index (χ1v) is 7.62. The van der Waals surface area contributed by atoms with Gasteiger partial charge in [0.15, 0.2) is 5.82 Å². The fourth-order valence-electron chi connectivity index (χ4n) is 2.52. The van der Waals surface area contributed by atoms with Crippen molar-refractivity contribution in [3.8, 4) is 0 Å². The topological polar surface area (TPSA) is 54.2 Å². The van der Waals surface area contributed by atoms with Gasteiger partial charge in [-0.25, -0.2) is 0 Å². The van der Waals surface area contributed by atoms with Crippen molar-refractivity contribution in [1.82, 2.24) is 20.4 Å². The molecule has 1 atom stereocenters. The van der Waals surface area contributed by atoms with Crippen molar-refractivity contribution < 1.29 is 4.52 Å². The Hall–Kier alpha value is -1.43. The minimum absolute atomic E-state index is 0.165. The van der Waals surface area contributed by atoms with Gasteiger partial charge in [0.25, 0.3) is 0 Å². The lowest BCUT2D eigenvalue weighted by Gasteiger charge is -2.30. The molecule has 6 heteroatoms. The Labute approximate surface area is 129 Å². The standard InChI is InChI=1S/C15H19ClN4O/c1-11(20-8-6-17-7-9-20)15-18-14(19-21-15)10-12-2-4-13(16)5-3-12/h2-5,11,17H,6-10H2,1H3. The van der Waals surface area contributed by atoms with E-state index in [4.69, 9.17) is 16.1 Å². The summed E-state index contributed by atoms with van der Waals surface area (Å²) in [5.41, 5.74) is 1.13. The zero-order chi connectivity index (χ0) is 14.7. The van der Waals surface area contributed by atoms with Crippen molar-refractivity contribution in [3.63, 3.8) is 0 Å². The third-order valence-electron chi connectivity index (χ3n) is 3.82. The molecule has 1 aliphatic rings. The van der Waals surface area contributed by atoms with Crippen LogP contribution < -0.4 is 5.32 Å². The molecule has 2 heterocycles. The second-order valence-corrected chi connectivity index (χ2v) is 5.75. The monoisotopic (exact) mass is 306 g/mol. The fourth-order valence-corrected chi connectivity index (χ4v) is 2.65. The summed E-state index contributed by atoms with van der Waals surface area (Å²) in [6.07, 6.45) is 0.662. The lowest BCUT2D eigenvalue weighted by molar-refractivity contribution is 0.154.